The van der Waals surface area contributed by atoms with Gasteiger partial charge in [-0.2, -0.15) is 0 Å². The predicted molar refractivity (Wildman–Crippen MR) is 87.4 cm³/mol. The SMILES string of the molecule is CCC(N)C(Sc1cccc(Br)c1)c1ccc(F)cc1. The summed E-state index contributed by atoms with van der Waals surface area (Å²) in [6, 6.07) is 14.8. The summed E-state index contributed by atoms with van der Waals surface area (Å²) in [7, 11) is 0. The second-order valence-corrected chi connectivity index (χ2v) is 6.75. The van der Waals surface area contributed by atoms with Crippen LogP contribution in [0.3, 0.4) is 0 Å². The molecule has 0 spiro atoms. The van der Waals surface area contributed by atoms with E-state index in [1.165, 1.54) is 12.1 Å². The minimum Gasteiger partial charge on any atom is -0.326 e. The molecule has 2 rings (SSSR count). The van der Waals surface area contributed by atoms with E-state index < -0.39 is 0 Å². The van der Waals surface area contributed by atoms with Crippen molar-refractivity contribution in [1.29, 1.82) is 0 Å². The quantitative estimate of drug-likeness (QED) is 0.751. The summed E-state index contributed by atoms with van der Waals surface area (Å²) in [4.78, 5) is 1.15. The van der Waals surface area contributed by atoms with E-state index in [1.807, 2.05) is 24.3 Å². The Morgan fingerprint density at radius 1 is 1.20 bits per heavy atom. The molecule has 0 amide bonds. The molecule has 0 saturated heterocycles. The average Bonchev–Trinajstić information content (AvgIpc) is 2.45. The summed E-state index contributed by atoms with van der Waals surface area (Å²) in [5.41, 5.74) is 7.31. The first-order valence-electron chi connectivity index (χ1n) is 6.53. The highest BCUT2D eigenvalue weighted by Crippen LogP contribution is 2.38. The number of halogens is 2. The van der Waals surface area contributed by atoms with Crippen molar-refractivity contribution in [3.63, 3.8) is 0 Å². The van der Waals surface area contributed by atoms with Crippen LogP contribution in [0.4, 0.5) is 4.39 Å². The molecule has 0 heterocycles. The lowest BCUT2D eigenvalue weighted by Gasteiger charge is -2.23. The first-order valence-corrected chi connectivity index (χ1v) is 8.20. The van der Waals surface area contributed by atoms with Crippen molar-refractivity contribution in [2.75, 3.05) is 0 Å². The van der Waals surface area contributed by atoms with Crippen LogP contribution in [0, 0.1) is 5.82 Å². The van der Waals surface area contributed by atoms with Gasteiger partial charge >= 0.3 is 0 Å². The van der Waals surface area contributed by atoms with Crippen LogP contribution in [0.25, 0.3) is 0 Å². The normalized spacial score (nSPS) is 14.0. The van der Waals surface area contributed by atoms with E-state index in [4.69, 9.17) is 5.73 Å². The van der Waals surface area contributed by atoms with Gasteiger partial charge in [-0.1, -0.05) is 41.1 Å². The first-order chi connectivity index (χ1) is 9.60. The van der Waals surface area contributed by atoms with E-state index >= 15 is 0 Å². The zero-order chi connectivity index (χ0) is 14.5. The molecule has 0 aliphatic rings. The smallest absolute Gasteiger partial charge is 0.123 e. The maximum absolute atomic E-state index is 13.1. The van der Waals surface area contributed by atoms with E-state index in [-0.39, 0.29) is 17.1 Å². The van der Waals surface area contributed by atoms with E-state index in [2.05, 4.69) is 35.0 Å². The van der Waals surface area contributed by atoms with Crippen molar-refractivity contribution in [3.05, 3.63) is 64.4 Å². The van der Waals surface area contributed by atoms with E-state index in [1.54, 1.807) is 11.8 Å². The highest BCUT2D eigenvalue weighted by molar-refractivity contribution is 9.10. The van der Waals surface area contributed by atoms with Crippen LogP contribution in [0.15, 0.2) is 57.9 Å². The maximum atomic E-state index is 13.1. The van der Waals surface area contributed by atoms with Gasteiger partial charge in [0.1, 0.15) is 5.82 Å². The molecule has 0 saturated carbocycles. The van der Waals surface area contributed by atoms with Crippen LogP contribution >= 0.6 is 27.7 Å². The number of thioether (sulfide) groups is 1. The summed E-state index contributed by atoms with van der Waals surface area (Å²) in [5, 5.41) is 0.120. The molecule has 0 bridgehead atoms. The van der Waals surface area contributed by atoms with Gasteiger partial charge in [-0.3, -0.25) is 0 Å². The molecule has 2 N–H and O–H groups in total. The van der Waals surface area contributed by atoms with Gasteiger partial charge in [-0.25, -0.2) is 4.39 Å². The Hall–Kier alpha value is -0.840. The standard InChI is InChI=1S/C16H17BrFNS/c1-2-15(19)16(11-6-8-13(18)9-7-11)20-14-5-3-4-12(17)10-14/h3-10,15-16H,2,19H2,1H3. The lowest BCUT2D eigenvalue weighted by Crippen LogP contribution is -2.25. The summed E-state index contributed by atoms with van der Waals surface area (Å²) >= 11 is 5.19. The molecule has 0 aromatic heterocycles. The lowest BCUT2D eigenvalue weighted by atomic mass is 10.0. The fourth-order valence-corrected chi connectivity index (χ4v) is 3.81. The fourth-order valence-electron chi connectivity index (χ4n) is 1.96. The Morgan fingerprint density at radius 2 is 1.90 bits per heavy atom. The molecule has 20 heavy (non-hydrogen) atoms. The second-order valence-electron chi connectivity index (χ2n) is 4.62. The van der Waals surface area contributed by atoms with Crippen molar-refractivity contribution >= 4 is 27.7 Å². The van der Waals surface area contributed by atoms with Crippen LogP contribution in [-0.2, 0) is 0 Å². The molecule has 1 nitrogen and oxygen atoms in total. The van der Waals surface area contributed by atoms with Crippen LogP contribution in [0.2, 0.25) is 0 Å². The molecular weight excluding hydrogens is 337 g/mol. The zero-order valence-electron chi connectivity index (χ0n) is 11.2. The van der Waals surface area contributed by atoms with E-state index in [0.29, 0.717) is 0 Å². The molecule has 2 aromatic rings. The van der Waals surface area contributed by atoms with Gasteiger partial charge in [0.15, 0.2) is 0 Å². The molecule has 2 atom stereocenters. The number of nitrogens with two attached hydrogens (primary N) is 1. The van der Waals surface area contributed by atoms with E-state index in [0.717, 1.165) is 21.4 Å². The Bertz CT molecular complexity index is 559. The summed E-state index contributed by atoms with van der Waals surface area (Å²) in [6.45, 7) is 2.07. The van der Waals surface area contributed by atoms with Crippen LogP contribution in [-0.4, -0.2) is 6.04 Å². The Balaban J connectivity index is 2.26. The average molecular weight is 354 g/mol. The molecule has 0 aliphatic carbocycles. The third kappa shape index (κ3) is 4.08. The van der Waals surface area contributed by atoms with Gasteiger partial charge < -0.3 is 5.73 Å². The first kappa shape index (κ1) is 15.5. The Morgan fingerprint density at radius 3 is 2.50 bits per heavy atom. The van der Waals surface area contributed by atoms with Gasteiger partial charge in [-0.15, -0.1) is 11.8 Å². The van der Waals surface area contributed by atoms with Gasteiger partial charge in [0.2, 0.25) is 0 Å². The number of hydrogen-bond acceptors (Lipinski definition) is 2. The highest BCUT2D eigenvalue weighted by Gasteiger charge is 2.20. The topological polar surface area (TPSA) is 26.0 Å². The van der Waals surface area contributed by atoms with Crippen molar-refractivity contribution in [2.24, 2.45) is 5.73 Å². The minimum atomic E-state index is -0.218. The highest BCUT2D eigenvalue weighted by atomic mass is 79.9. The van der Waals surface area contributed by atoms with Crippen molar-refractivity contribution in [3.8, 4) is 0 Å². The summed E-state index contributed by atoms with van der Waals surface area (Å²) in [6.07, 6.45) is 0.878. The molecular formula is C16H17BrFNS. The van der Waals surface area contributed by atoms with Gasteiger partial charge in [0, 0.05) is 20.7 Å². The van der Waals surface area contributed by atoms with Gasteiger partial charge in [0.05, 0.1) is 0 Å². The third-order valence-corrected chi connectivity index (χ3v) is 5.01. The number of benzene rings is 2. The van der Waals surface area contributed by atoms with Crippen LogP contribution < -0.4 is 5.73 Å². The molecule has 0 fully saturated rings. The van der Waals surface area contributed by atoms with Crippen LogP contribution in [0.5, 0.6) is 0 Å². The molecule has 0 radical (unpaired) electrons. The largest absolute Gasteiger partial charge is 0.326 e. The maximum Gasteiger partial charge on any atom is 0.123 e. The van der Waals surface area contributed by atoms with Crippen molar-refractivity contribution in [1.82, 2.24) is 0 Å². The predicted octanol–water partition coefficient (Wildman–Crippen LogP) is 5.16. The lowest BCUT2D eigenvalue weighted by molar-refractivity contribution is 0.618. The molecule has 4 heteroatoms. The van der Waals surface area contributed by atoms with Gasteiger partial charge in [-0.05, 0) is 42.3 Å². The molecule has 2 aromatic carbocycles. The molecule has 106 valence electrons. The summed E-state index contributed by atoms with van der Waals surface area (Å²) in [5.74, 6) is -0.218. The van der Waals surface area contributed by atoms with Crippen molar-refractivity contribution < 1.29 is 4.39 Å². The Kier molecular flexibility index (Phi) is 5.64. The van der Waals surface area contributed by atoms with E-state index in [9.17, 15) is 4.39 Å². The monoisotopic (exact) mass is 353 g/mol. The van der Waals surface area contributed by atoms with Crippen LogP contribution in [0.1, 0.15) is 24.2 Å². The Labute approximate surface area is 131 Å². The number of rotatable bonds is 5. The van der Waals surface area contributed by atoms with Gasteiger partial charge in [0.25, 0.3) is 0 Å². The zero-order valence-corrected chi connectivity index (χ0v) is 13.6. The summed E-state index contributed by atoms with van der Waals surface area (Å²) < 4.78 is 14.1. The molecule has 0 aliphatic heterocycles. The molecule has 2 unspecified atom stereocenters. The number of hydrogen-bond donors (Lipinski definition) is 1. The minimum absolute atomic E-state index is 0.0319. The van der Waals surface area contributed by atoms with Crippen molar-refractivity contribution in [2.45, 2.75) is 29.5 Å². The third-order valence-electron chi connectivity index (χ3n) is 3.12. The second kappa shape index (κ2) is 7.25. The fraction of sp³-hybridized carbons (Fsp3) is 0.250.